The van der Waals surface area contributed by atoms with Gasteiger partial charge >= 0.3 is 0 Å². The number of ether oxygens (including phenoxy) is 1. The van der Waals surface area contributed by atoms with Crippen molar-refractivity contribution in [2.45, 2.75) is 19.5 Å². The topological polar surface area (TPSA) is 59.8 Å². The van der Waals surface area contributed by atoms with Gasteiger partial charge in [-0.05, 0) is 54.4 Å². The van der Waals surface area contributed by atoms with E-state index in [4.69, 9.17) is 32.4 Å². The number of nitrogens with zero attached hydrogens (tertiary/aromatic N) is 1. The first-order chi connectivity index (χ1) is 16.0. The second-order valence-corrected chi connectivity index (χ2v) is 8.59. The van der Waals surface area contributed by atoms with Crippen LogP contribution in [0.2, 0.25) is 10.0 Å². The van der Waals surface area contributed by atoms with Gasteiger partial charge < -0.3 is 14.1 Å². The van der Waals surface area contributed by atoms with E-state index in [1.807, 2.05) is 49.4 Å². The van der Waals surface area contributed by atoms with E-state index in [2.05, 4.69) is 0 Å². The molecule has 3 aromatic carbocycles. The number of rotatable bonds is 5. The van der Waals surface area contributed by atoms with Gasteiger partial charge in [0.05, 0.1) is 23.6 Å². The number of benzene rings is 3. The summed E-state index contributed by atoms with van der Waals surface area (Å²) in [5.74, 6) is 0.388. The fourth-order valence-electron chi connectivity index (χ4n) is 4.23. The lowest BCUT2D eigenvalue weighted by Crippen LogP contribution is -2.29. The minimum atomic E-state index is -0.640. The van der Waals surface area contributed by atoms with Crippen molar-refractivity contribution < 1.29 is 13.9 Å². The zero-order valence-corrected chi connectivity index (χ0v) is 19.2. The fourth-order valence-corrected chi connectivity index (χ4v) is 4.59. The van der Waals surface area contributed by atoms with Gasteiger partial charge in [0.1, 0.15) is 11.3 Å². The molecule has 1 aliphatic heterocycles. The number of halogens is 2. The third kappa shape index (κ3) is 3.77. The SMILES string of the molecule is CCOc1ccc([C@@H]2c3c(oc4ccc(Cl)cc4c3=O)C(=O)N2Cc2ccccc2Cl)cc1. The highest BCUT2D eigenvalue weighted by Gasteiger charge is 2.42. The van der Waals surface area contributed by atoms with Crippen molar-refractivity contribution in [3.05, 3.63) is 109 Å². The first-order valence-corrected chi connectivity index (χ1v) is 11.3. The van der Waals surface area contributed by atoms with Crippen LogP contribution in [0, 0.1) is 0 Å². The van der Waals surface area contributed by atoms with Gasteiger partial charge in [0.25, 0.3) is 5.91 Å². The normalized spacial score (nSPS) is 15.2. The highest BCUT2D eigenvalue weighted by atomic mass is 35.5. The molecule has 2 heterocycles. The van der Waals surface area contributed by atoms with Crippen molar-refractivity contribution >= 4 is 40.1 Å². The zero-order chi connectivity index (χ0) is 23.1. The molecule has 0 saturated heterocycles. The quantitative estimate of drug-likeness (QED) is 0.339. The molecule has 33 heavy (non-hydrogen) atoms. The minimum absolute atomic E-state index is 0.0424. The maximum absolute atomic E-state index is 13.6. The molecule has 4 aromatic rings. The van der Waals surface area contributed by atoms with E-state index >= 15 is 0 Å². The van der Waals surface area contributed by atoms with Crippen molar-refractivity contribution in [2.24, 2.45) is 0 Å². The molecule has 0 aliphatic carbocycles. The number of hydrogen-bond acceptors (Lipinski definition) is 4. The molecule has 0 radical (unpaired) electrons. The minimum Gasteiger partial charge on any atom is -0.494 e. The van der Waals surface area contributed by atoms with Crippen LogP contribution in [0.15, 0.2) is 75.9 Å². The Hall–Kier alpha value is -3.28. The molecule has 1 aliphatic rings. The van der Waals surface area contributed by atoms with E-state index in [9.17, 15) is 9.59 Å². The molecule has 7 heteroatoms. The van der Waals surface area contributed by atoms with Crippen LogP contribution in [0.25, 0.3) is 11.0 Å². The molecule has 166 valence electrons. The molecule has 0 N–H and O–H groups in total. The Kier molecular flexibility index (Phi) is 5.60. The molecule has 1 amide bonds. The van der Waals surface area contributed by atoms with Crippen LogP contribution in [-0.4, -0.2) is 17.4 Å². The first kappa shape index (κ1) is 21.6. The number of fused-ring (bicyclic) bond motifs is 2. The molecule has 1 atom stereocenters. The predicted octanol–water partition coefficient (Wildman–Crippen LogP) is 6.24. The van der Waals surface area contributed by atoms with Crippen LogP contribution >= 0.6 is 23.2 Å². The summed E-state index contributed by atoms with van der Waals surface area (Å²) in [6.07, 6.45) is 0. The van der Waals surface area contributed by atoms with Crippen molar-refractivity contribution in [2.75, 3.05) is 6.61 Å². The van der Waals surface area contributed by atoms with Crippen LogP contribution in [0.1, 0.15) is 40.2 Å². The van der Waals surface area contributed by atoms with Crippen LogP contribution < -0.4 is 10.2 Å². The fraction of sp³-hybridized carbons (Fsp3) is 0.154. The Morgan fingerprint density at radius 3 is 2.48 bits per heavy atom. The molecule has 0 bridgehead atoms. The van der Waals surface area contributed by atoms with E-state index in [1.54, 1.807) is 29.2 Å². The Balaban J connectivity index is 1.70. The van der Waals surface area contributed by atoms with Gasteiger partial charge in [0, 0.05) is 16.6 Å². The smallest absolute Gasteiger partial charge is 0.291 e. The lowest BCUT2D eigenvalue weighted by molar-refractivity contribution is 0.0714. The largest absolute Gasteiger partial charge is 0.494 e. The van der Waals surface area contributed by atoms with E-state index in [0.717, 1.165) is 11.1 Å². The monoisotopic (exact) mass is 479 g/mol. The molecular weight excluding hydrogens is 461 g/mol. The van der Waals surface area contributed by atoms with Gasteiger partial charge in [-0.2, -0.15) is 0 Å². The molecule has 0 saturated carbocycles. The van der Waals surface area contributed by atoms with E-state index in [-0.39, 0.29) is 23.6 Å². The standard InChI is InChI=1S/C26H19Cl2NO4/c1-2-32-18-10-7-15(8-11-18)23-22-24(30)19-13-17(27)9-12-21(19)33-25(22)26(31)29(23)14-16-5-3-4-6-20(16)28/h3-13,23H,2,14H2,1H3/t23-/m1/s1. The summed E-state index contributed by atoms with van der Waals surface area (Å²) in [5, 5.41) is 1.30. The molecule has 1 aromatic heterocycles. The average molecular weight is 480 g/mol. The van der Waals surface area contributed by atoms with Gasteiger partial charge in [-0.15, -0.1) is 0 Å². The van der Waals surface area contributed by atoms with Gasteiger partial charge in [-0.3, -0.25) is 9.59 Å². The summed E-state index contributed by atoms with van der Waals surface area (Å²) in [6.45, 7) is 2.67. The zero-order valence-electron chi connectivity index (χ0n) is 17.7. The van der Waals surface area contributed by atoms with Gasteiger partial charge in [-0.1, -0.05) is 53.5 Å². The van der Waals surface area contributed by atoms with E-state index < -0.39 is 6.04 Å². The summed E-state index contributed by atoms with van der Waals surface area (Å²) < 4.78 is 11.5. The van der Waals surface area contributed by atoms with Crippen LogP contribution in [0.4, 0.5) is 0 Å². The molecular formula is C26H19Cl2NO4. The van der Waals surface area contributed by atoms with Gasteiger partial charge in [0.2, 0.25) is 5.76 Å². The molecule has 0 unspecified atom stereocenters. The van der Waals surface area contributed by atoms with Crippen molar-refractivity contribution in [1.29, 1.82) is 0 Å². The Bertz CT molecular complexity index is 1430. The van der Waals surface area contributed by atoms with Gasteiger partial charge in [-0.25, -0.2) is 0 Å². The van der Waals surface area contributed by atoms with Crippen molar-refractivity contribution in [3.8, 4) is 5.75 Å². The van der Waals surface area contributed by atoms with E-state index in [1.165, 1.54) is 0 Å². The summed E-state index contributed by atoms with van der Waals surface area (Å²) in [6, 6.07) is 18.9. The molecule has 5 rings (SSSR count). The van der Waals surface area contributed by atoms with Gasteiger partial charge in [0.15, 0.2) is 5.43 Å². The Morgan fingerprint density at radius 1 is 1.00 bits per heavy atom. The molecule has 0 spiro atoms. The highest BCUT2D eigenvalue weighted by molar-refractivity contribution is 6.31. The summed E-state index contributed by atoms with van der Waals surface area (Å²) in [7, 11) is 0. The average Bonchev–Trinajstić information content (AvgIpc) is 3.08. The first-order valence-electron chi connectivity index (χ1n) is 10.5. The third-order valence-corrected chi connectivity index (χ3v) is 6.34. The summed E-state index contributed by atoms with van der Waals surface area (Å²) in [5.41, 5.74) is 1.89. The Labute approximate surface area is 200 Å². The Morgan fingerprint density at radius 2 is 1.76 bits per heavy atom. The summed E-state index contributed by atoms with van der Waals surface area (Å²) >= 11 is 12.5. The number of carbonyl (C=O) groups is 1. The van der Waals surface area contributed by atoms with Crippen molar-refractivity contribution in [3.63, 3.8) is 0 Å². The van der Waals surface area contributed by atoms with Crippen LogP contribution in [-0.2, 0) is 6.54 Å². The number of amides is 1. The second kappa shape index (κ2) is 8.58. The highest BCUT2D eigenvalue weighted by Crippen LogP contribution is 2.40. The lowest BCUT2D eigenvalue weighted by Gasteiger charge is -2.25. The van der Waals surface area contributed by atoms with Crippen LogP contribution in [0.5, 0.6) is 5.75 Å². The predicted molar refractivity (Wildman–Crippen MR) is 128 cm³/mol. The molecule has 5 nitrogen and oxygen atoms in total. The number of hydrogen-bond donors (Lipinski definition) is 0. The third-order valence-electron chi connectivity index (χ3n) is 5.73. The van der Waals surface area contributed by atoms with Crippen molar-refractivity contribution in [1.82, 2.24) is 4.90 Å². The number of carbonyl (C=O) groups excluding carboxylic acids is 1. The van der Waals surface area contributed by atoms with E-state index in [0.29, 0.717) is 38.9 Å². The van der Waals surface area contributed by atoms with Crippen LogP contribution in [0.3, 0.4) is 0 Å². The maximum Gasteiger partial charge on any atom is 0.291 e. The summed E-state index contributed by atoms with van der Waals surface area (Å²) in [4.78, 5) is 28.7. The molecule has 0 fully saturated rings. The lowest BCUT2D eigenvalue weighted by atomic mass is 9.98. The second-order valence-electron chi connectivity index (χ2n) is 7.74. The maximum atomic E-state index is 13.6.